The van der Waals surface area contributed by atoms with Crippen molar-refractivity contribution in [3.63, 3.8) is 0 Å². The first-order valence-electron chi connectivity index (χ1n) is 6.41. The summed E-state index contributed by atoms with van der Waals surface area (Å²) in [4.78, 5) is 25.9. The molecule has 0 spiro atoms. The molecule has 0 aliphatic carbocycles. The van der Waals surface area contributed by atoms with Crippen LogP contribution in [0.25, 0.3) is 0 Å². The predicted octanol–water partition coefficient (Wildman–Crippen LogP) is 2.58. The molecule has 0 bridgehead atoms. The van der Waals surface area contributed by atoms with Crippen LogP contribution in [0.3, 0.4) is 0 Å². The highest BCUT2D eigenvalue weighted by Crippen LogP contribution is 2.30. The average Bonchev–Trinajstić information content (AvgIpc) is 2.78. The zero-order chi connectivity index (χ0) is 14.1. The molecule has 0 unspecified atom stereocenters. The van der Waals surface area contributed by atoms with Crippen molar-refractivity contribution in [2.45, 2.75) is 13.3 Å². The Morgan fingerprint density at radius 2 is 2.10 bits per heavy atom. The number of carbonyl (C=O) groups excluding carboxylic acids is 2. The molecule has 20 heavy (non-hydrogen) atoms. The van der Waals surface area contributed by atoms with Gasteiger partial charge in [-0.3, -0.25) is 9.59 Å². The van der Waals surface area contributed by atoms with Crippen LogP contribution in [0.1, 0.15) is 22.5 Å². The van der Waals surface area contributed by atoms with Gasteiger partial charge in [0.1, 0.15) is 5.76 Å². The molecule has 0 saturated heterocycles. The van der Waals surface area contributed by atoms with Gasteiger partial charge in [0.2, 0.25) is 5.91 Å². The van der Waals surface area contributed by atoms with Crippen molar-refractivity contribution < 1.29 is 14.0 Å². The van der Waals surface area contributed by atoms with E-state index < -0.39 is 0 Å². The predicted molar refractivity (Wildman–Crippen MR) is 74.8 cm³/mol. The molecular formula is C15H14N2O3. The van der Waals surface area contributed by atoms with Crippen LogP contribution in [0.2, 0.25) is 0 Å². The highest BCUT2D eigenvalue weighted by atomic mass is 16.3. The number of furan rings is 1. The van der Waals surface area contributed by atoms with Crippen molar-refractivity contribution in [2.75, 3.05) is 16.8 Å². The van der Waals surface area contributed by atoms with Crippen LogP contribution in [0.15, 0.2) is 41.0 Å². The van der Waals surface area contributed by atoms with E-state index in [0.29, 0.717) is 29.2 Å². The number of benzene rings is 1. The summed E-state index contributed by atoms with van der Waals surface area (Å²) in [7, 11) is 0. The summed E-state index contributed by atoms with van der Waals surface area (Å²) >= 11 is 0. The van der Waals surface area contributed by atoms with Crippen molar-refractivity contribution in [2.24, 2.45) is 0 Å². The first-order chi connectivity index (χ1) is 9.66. The summed E-state index contributed by atoms with van der Waals surface area (Å²) in [5, 5.41) is 2.81. The lowest BCUT2D eigenvalue weighted by atomic mass is 10.2. The Kier molecular flexibility index (Phi) is 3.02. The van der Waals surface area contributed by atoms with Crippen LogP contribution in [-0.4, -0.2) is 18.4 Å². The van der Waals surface area contributed by atoms with Crippen molar-refractivity contribution in [3.8, 4) is 0 Å². The van der Waals surface area contributed by atoms with Gasteiger partial charge in [0.25, 0.3) is 5.91 Å². The van der Waals surface area contributed by atoms with Gasteiger partial charge in [0.15, 0.2) is 0 Å². The maximum Gasteiger partial charge on any atom is 0.261 e. The average molecular weight is 270 g/mol. The second-order valence-electron chi connectivity index (χ2n) is 4.66. The van der Waals surface area contributed by atoms with Gasteiger partial charge >= 0.3 is 0 Å². The van der Waals surface area contributed by atoms with Gasteiger partial charge in [-0.15, -0.1) is 0 Å². The summed E-state index contributed by atoms with van der Waals surface area (Å²) in [6.45, 7) is 2.10. The molecule has 0 radical (unpaired) electrons. The van der Waals surface area contributed by atoms with Gasteiger partial charge in [0.05, 0.1) is 23.2 Å². The number of aryl methyl sites for hydroxylation is 1. The summed E-state index contributed by atoms with van der Waals surface area (Å²) in [5.41, 5.74) is 1.89. The molecule has 1 aliphatic rings. The molecule has 1 aliphatic heterocycles. The molecule has 2 aromatic rings. The number of fused-ring (bicyclic) bond motifs is 1. The Labute approximate surface area is 116 Å². The van der Waals surface area contributed by atoms with Gasteiger partial charge in [-0.1, -0.05) is 12.1 Å². The van der Waals surface area contributed by atoms with Gasteiger partial charge in [-0.2, -0.15) is 0 Å². The molecule has 1 aromatic heterocycles. The highest BCUT2D eigenvalue weighted by molar-refractivity contribution is 6.10. The third-order valence-corrected chi connectivity index (χ3v) is 3.37. The van der Waals surface area contributed by atoms with Crippen molar-refractivity contribution in [3.05, 3.63) is 47.9 Å². The maximum atomic E-state index is 12.6. The third-order valence-electron chi connectivity index (χ3n) is 3.37. The molecule has 0 atom stereocenters. The van der Waals surface area contributed by atoms with E-state index in [-0.39, 0.29) is 18.2 Å². The molecule has 5 heteroatoms. The van der Waals surface area contributed by atoms with Crippen molar-refractivity contribution in [1.82, 2.24) is 0 Å². The standard InChI is InChI=1S/C15H14N2O3/c1-10-11(7-9-20-10)15(19)17-8-6-14(18)16-12-4-2-3-5-13(12)17/h2-5,7,9H,6,8H2,1H3,(H,16,18). The smallest absolute Gasteiger partial charge is 0.261 e. The summed E-state index contributed by atoms with van der Waals surface area (Å²) in [5.74, 6) is 0.341. The molecule has 0 fully saturated rings. The second kappa shape index (κ2) is 4.85. The van der Waals surface area contributed by atoms with Crippen LogP contribution in [0, 0.1) is 6.92 Å². The van der Waals surface area contributed by atoms with E-state index in [9.17, 15) is 9.59 Å². The quantitative estimate of drug-likeness (QED) is 0.866. The fraction of sp³-hybridized carbons (Fsp3) is 0.200. The number of anilines is 2. The number of carbonyl (C=O) groups is 2. The lowest BCUT2D eigenvalue weighted by Crippen LogP contribution is -2.32. The van der Waals surface area contributed by atoms with E-state index >= 15 is 0 Å². The lowest BCUT2D eigenvalue weighted by Gasteiger charge is -2.21. The van der Waals surface area contributed by atoms with Gasteiger partial charge in [0, 0.05) is 13.0 Å². The van der Waals surface area contributed by atoms with E-state index in [1.54, 1.807) is 24.0 Å². The Hall–Kier alpha value is -2.56. The SMILES string of the molecule is Cc1occc1C(=O)N1CCC(=O)Nc2ccccc21. The van der Waals surface area contributed by atoms with Crippen LogP contribution in [0.4, 0.5) is 11.4 Å². The fourth-order valence-corrected chi connectivity index (χ4v) is 2.32. The van der Waals surface area contributed by atoms with E-state index in [0.717, 1.165) is 0 Å². The monoisotopic (exact) mass is 270 g/mol. The number of para-hydroxylation sites is 2. The summed E-state index contributed by atoms with van der Waals surface area (Å²) in [6.07, 6.45) is 1.77. The minimum absolute atomic E-state index is 0.0864. The zero-order valence-electron chi connectivity index (χ0n) is 11.1. The van der Waals surface area contributed by atoms with Crippen molar-refractivity contribution in [1.29, 1.82) is 0 Å². The number of hydrogen-bond acceptors (Lipinski definition) is 3. The normalized spacial score (nSPS) is 14.4. The molecule has 1 aromatic carbocycles. The van der Waals surface area contributed by atoms with Crippen LogP contribution in [0.5, 0.6) is 0 Å². The van der Waals surface area contributed by atoms with E-state index in [1.807, 2.05) is 18.2 Å². The molecule has 2 amide bonds. The lowest BCUT2D eigenvalue weighted by molar-refractivity contribution is -0.115. The largest absolute Gasteiger partial charge is 0.469 e. The van der Waals surface area contributed by atoms with Gasteiger partial charge in [-0.05, 0) is 25.1 Å². The van der Waals surface area contributed by atoms with Crippen LogP contribution >= 0.6 is 0 Å². The Bertz CT molecular complexity index is 675. The van der Waals surface area contributed by atoms with E-state index in [2.05, 4.69) is 5.32 Å². The Balaban J connectivity index is 2.03. The number of nitrogens with zero attached hydrogens (tertiary/aromatic N) is 1. The summed E-state index contributed by atoms with van der Waals surface area (Å²) < 4.78 is 5.19. The molecule has 2 heterocycles. The molecule has 0 saturated carbocycles. The number of hydrogen-bond donors (Lipinski definition) is 1. The zero-order valence-corrected chi connectivity index (χ0v) is 11.1. The van der Waals surface area contributed by atoms with E-state index in [1.165, 1.54) is 6.26 Å². The minimum atomic E-state index is -0.153. The minimum Gasteiger partial charge on any atom is -0.469 e. The topological polar surface area (TPSA) is 62.6 Å². The molecule has 102 valence electrons. The van der Waals surface area contributed by atoms with E-state index in [4.69, 9.17) is 4.42 Å². The van der Waals surface area contributed by atoms with Crippen molar-refractivity contribution >= 4 is 23.2 Å². The fourth-order valence-electron chi connectivity index (χ4n) is 2.32. The van der Waals surface area contributed by atoms with Gasteiger partial charge in [-0.25, -0.2) is 0 Å². The Morgan fingerprint density at radius 1 is 1.30 bits per heavy atom. The van der Waals surface area contributed by atoms with Crippen LogP contribution < -0.4 is 10.2 Å². The first kappa shape index (κ1) is 12.5. The highest BCUT2D eigenvalue weighted by Gasteiger charge is 2.26. The molecule has 5 nitrogen and oxygen atoms in total. The number of nitrogens with one attached hydrogen (secondary N) is 1. The molecule has 3 rings (SSSR count). The first-order valence-corrected chi connectivity index (χ1v) is 6.41. The Morgan fingerprint density at radius 3 is 2.85 bits per heavy atom. The second-order valence-corrected chi connectivity index (χ2v) is 4.66. The summed E-state index contributed by atoms with van der Waals surface area (Å²) in [6, 6.07) is 8.95. The maximum absolute atomic E-state index is 12.6. The van der Waals surface area contributed by atoms with Gasteiger partial charge < -0.3 is 14.6 Å². The number of rotatable bonds is 1. The molecule has 1 N–H and O–H groups in total. The third kappa shape index (κ3) is 2.07. The molecular weight excluding hydrogens is 256 g/mol. The number of amides is 2. The van der Waals surface area contributed by atoms with Crippen LogP contribution in [-0.2, 0) is 4.79 Å².